The largest absolute Gasteiger partial charge is 0.497 e. The zero-order chi connectivity index (χ0) is 13.5. The number of nitrogens with zero attached hydrogens (tertiary/aromatic N) is 1. The summed E-state index contributed by atoms with van der Waals surface area (Å²) in [7, 11) is 1.64. The molecule has 0 spiro atoms. The lowest BCUT2D eigenvalue weighted by Crippen LogP contribution is -2.00. The quantitative estimate of drug-likeness (QED) is 0.605. The van der Waals surface area contributed by atoms with E-state index in [1.807, 2.05) is 54.6 Å². The first-order valence-corrected chi connectivity index (χ1v) is 6.08. The second-order valence-electron chi connectivity index (χ2n) is 4.20. The van der Waals surface area contributed by atoms with Crippen molar-refractivity contribution in [3.8, 4) is 5.75 Å². The molecule has 0 aromatic heterocycles. The molecule has 0 bridgehead atoms. The zero-order valence-electron chi connectivity index (χ0n) is 10.7. The van der Waals surface area contributed by atoms with E-state index in [0.29, 0.717) is 6.42 Å². The van der Waals surface area contributed by atoms with Crippen molar-refractivity contribution in [2.75, 3.05) is 7.11 Å². The highest BCUT2D eigenvalue weighted by Gasteiger charge is 2.10. The number of aliphatic imine (C=N–C) groups is 1. The normalized spacial score (nSPS) is 11.4. The molecule has 0 saturated carbocycles. The van der Waals surface area contributed by atoms with Gasteiger partial charge in [-0.1, -0.05) is 42.5 Å². The van der Waals surface area contributed by atoms with Gasteiger partial charge < -0.3 is 4.74 Å². The fraction of sp³-hybridized carbons (Fsp3) is 0.188. The van der Waals surface area contributed by atoms with Crippen molar-refractivity contribution >= 4 is 6.08 Å². The Balaban J connectivity index is 2.19. The molecular formula is C16H15NO2. The Bertz CT molecular complexity index is 557. The van der Waals surface area contributed by atoms with Crippen LogP contribution in [0.15, 0.2) is 59.6 Å². The molecule has 0 amide bonds. The number of hydrogen-bond acceptors (Lipinski definition) is 3. The third-order valence-electron chi connectivity index (χ3n) is 2.98. The summed E-state index contributed by atoms with van der Waals surface area (Å²) in [5, 5.41) is 0. The van der Waals surface area contributed by atoms with Crippen LogP contribution in [0.2, 0.25) is 0 Å². The highest BCUT2D eigenvalue weighted by Crippen LogP contribution is 2.23. The second-order valence-corrected chi connectivity index (χ2v) is 4.20. The minimum atomic E-state index is -0.188. The third-order valence-corrected chi connectivity index (χ3v) is 2.98. The van der Waals surface area contributed by atoms with Crippen LogP contribution in [0.3, 0.4) is 0 Å². The molecule has 0 aliphatic carbocycles. The molecule has 3 heteroatoms. The predicted octanol–water partition coefficient (Wildman–Crippen LogP) is 3.31. The lowest BCUT2D eigenvalue weighted by atomic mass is 9.99. The smallest absolute Gasteiger partial charge is 0.235 e. The molecule has 0 N–H and O–H groups in total. The number of isocyanates is 1. The van der Waals surface area contributed by atoms with Gasteiger partial charge in [0.05, 0.1) is 13.2 Å². The Morgan fingerprint density at radius 1 is 1.11 bits per heavy atom. The molecule has 3 nitrogen and oxygen atoms in total. The van der Waals surface area contributed by atoms with Crippen LogP contribution in [0.4, 0.5) is 0 Å². The maximum absolute atomic E-state index is 10.6. The van der Waals surface area contributed by atoms with Gasteiger partial charge in [0.1, 0.15) is 5.75 Å². The molecule has 0 radical (unpaired) electrons. The maximum Gasteiger partial charge on any atom is 0.235 e. The van der Waals surface area contributed by atoms with Crippen molar-refractivity contribution in [3.63, 3.8) is 0 Å². The van der Waals surface area contributed by atoms with E-state index in [1.165, 1.54) is 0 Å². The van der Waals surface area contributed by atoms with Gasteiger partial charge in [0.15, 0.2) is 0 Å². The molecule has 19 heavy (non-hydrogen) atoms. The van der Waals surface area contributed by atoms with E-state index in [1.54, 1.807) is 13.2 Å². The fourth-order valence-corrected chi connectivity index (χ4v) is 1.96. The van der Waals surface area contributed by atoms with E-state index in [9.17, 15) is 4.79 Å². The molecule has 0 aliphatic heterocycles. The molecule has 2 aromatic carbocycles. The average Bonchev–Trinajstić information content (AvgIpc) is 2.48. The highest BCUT2D eigenvalue weighted by molar-refractivity contribution is 5.37. The summed E-state index contributed by atoms with van der Waals surface area (Å²) in [6.45, 7) is 0. The molecule has 0 aliphatic rings. The summed E-state index contributed by atoms with van der Waals surface area (Å²) in [6, 6.07) is 17.3. The van der Waals surface area contributed by atoms with E-state index in [4.69, 9.17) is 4.74 Å². The summed E-state index contributed by atoms with van der Waals surface area (Å²) in [5.41, 5.74) is 2.12. The SMILES string of the molecule is COc1ccc(CC(N=C=O)c2ccccc2)cc1. The first-order valence-electron chi connectivity index (χ1n) is 6.08. The van der Waals surface area contributed by atoms with Gasteiger partial charge >= 0.3 is 0 Å². The highest BCUT2D eigenvalue weighted by atomic mass is 16.5. The number of ether oxygens (including phenoxy) is 1. The van der Waals surface area contributed by atoms with Gasteiger partial charge in [0.25, 0.3) is 0 Å². The van der Waals surface area contributed by atoms with Crippen molar-refractivity contribution in [2.45, 2.75) is 12.5 Å². The van der Waals surface area contributed by atoms with Gasteiger partial charge in [-0.05, 0) is 29.7 Å². The van der Waals surface area contributed by atoms with Crippen molar-refractivity contribution in [2.24, 2.45) is 4.99 Å². The average molecular weight is 253 g/mol. The number of carbonyl (C=O) groups excluding carboxylic acids is 1. The van der Waals surface area contributed by atoms with Crippen LogP contribution in [-0.2, 0) is 11.2 Å². The van der Waals surface area contributed by atoms with Crippen molar-refractivity contribution < 1.29 is 9.53 Å². The van der Waals surface area contributed by atoms with Gasteiger partial charge in [-0.3, -0.25) is 0 Å². The van der Waals surface area contributed by atoms with E-state index < -0.39 is 0 Å². The van der Waals surface area contributed by atoms with E-state index in [2.05, 4.69) is 4.99 Å². The molecule has 0 fully saturated rings. The van der Waals surface area contributed by atoms with E-state index in [0.717, 1.165) is 16.9 Å². The van der Waals surface area contributed by atoms with Gasteiger partial charge in [-0.25, -0.2) is 4.79 Å². The maximum atomic E-state index is 10.6. The van der Waals surface area contributed by atoms with Crippen LogP contribution in [0, 0.1) is 0 Å². The molecule has 0 heterocycles. The first kappa shape index (κ1) is 13.1. The van der Waals surface area contributed by atoms with Crippen LogP contribution in [0.1, 0.15) is 17.2 Å². The standard InChI is InChI=1S/C16H15NO2/c1-19-15-9-7-13(8-10-15)11-16(17-12-18)14-5-3-2-4-6-14/h2-10,16H,11H2,1H3. The number of rotatable bonds is 5. The molecule has 2 rings (SSSR count). The second kappa shape index (κ2) is 6.53. The molecule has 2 aromatic rings. The summed E-state index contributed by atoms with van der Waals surface area (Å²) in [4.78, 5) is 14.5. The van der Waals surface area contributed by atoms with Crippen LogP contribution < -0.4 is 4.74 Å². The Morgan fingerprint density at radius 3 is 2.37 bits per heavy atom. The Morgan fingerprint density at radius 2 is 1.79 bits per heavy atom. The lowest BCUT2D eigenvalue weighted by Gasteiger charge is -2.11. The monoisotopic (exact) mass is 253 g/mol. The van der Waals surface area contributed by atoms with Gasteiger partial charge in [0.2, 0.25) is 6.08 Å². The summed E-state index contributed by atoms with van der Waals surface area (Å²) < 4.78 is 5.12. The number of methoxy groups -OCH3 is 1. The predicted molar refractivity (Wildman–Crippen MR) is 74.0 cm³/mol. The van der Waals surface area contributed by atoms with Crippen LogP contribution >= 0.6 is 0 Å². The van der Waals surface area contributed by atoms with Crippen LogP contribution in [0.5, 0.6) is 5.75 Å². The molecule has 1 atom stereocenters. The van der Waals surface area contributed by atoms with Crippen molar-refractivity contribution in [1.82, 2.24) is 0 Å². The van der Waals surface area contributed by atoms with Crippen molar-refractivity contribution in [3.05, 3.63) is 65.7 Å². The number of benzene rings is 2. The van der Waals surface area contributed by atoms with Gasteiger partial charge in [-0.2, -0.15) is 4.99 Å². The molecular weight excluding hydrogens is 238 g/mol. The Labute approximate surface area is 112 Å². The van der Waals surface area contributed by atoms with Gasteiger partial charge in [-0.15, -0.1) is 0 Å². The van der Waals surface area contributed by atoms with Gasteiger partial charge in [0, 0.05) is 0 Å². The van der Waals surface area contributed by atoms with Crippen molar-refractivity contribution in [1.29, 1.82) is 0 Å². The van der Waals surface area contributed by atoms with Crippen LogP contribution in [0.25, 0.3) is 0 Å². The summed E-state index contributed by atoms with van der Waals surface area (Å²) in [6.07, 6.45) is 2.33. The molecule has 0 saturated heterocycles. The molecule has 1 unspecified atom stereocenters. The topological polar surface area (TPSA) is 38.7 Å². The zero-order valence-corrected chi connectivity index (χ0v) is 10.7. The first-order chi connectivity index (χ1) is 9.33. The minimum Gasteiger partial charge on any atom is -0.497 e. The number of hydrogen-bond donors (Lipinski definition) is 0. The Kier molecular flexibility index (Phi) is 4.49. The summed E-state index contributed by atoms with van der Waals surface area (Å²) in [5.74, 6) is 0.818. The minimum absolute atomic E-state index is 0.188. The van der Waals surface area contributed by atoms with Crippen LogP contribution in [-0.4, -0.2) is 13.2 Å². The van der Waals surface area contributed by atoms with E-state index >= 15 is 0 Å². The summed E-state index contributed by atoms with van der Waals surface area (Å²) >= 11 is 0. The Hall–Kier alpha value is -2.38. The molecule has 96 valence electrons. The fourth-order valence-electron chi connectivity index (χ4n) is 1.96. The lowest BCUT2D eigenvalue weighted by molar-refractivity contribution is 0.414. The van der Waals surface area contributed by atoms with E-state index in [-0.39, 0.29) is 6.04 Å². The third kappa shape index (κ3) is 3.54.